The molecule has 3 aromatic carbocycles. The summed E-state index contributed by atoms with van der Waals surface area (Å²) in [4.78, 5) is 17.4. The third-order valence-corrected chi connectivity index (χ3v) is 5.83. The van der Waals surface area contributed by atoms with Crippen LogP contribution in [0.15, 0.2) is 72.8 Å². The third kappa shape index (κ3) is 5.77. The Balaban J connectivity index is 1.70. The Morgan fingerprint density at radius 2 is 1.47 bits per heavy atom. The molecule has 4 nitrogen and oxygen atoms in total. The lowest BCUT2D eigenvalue weighted by atomic mass is 10.0. The Hall–Kier alpha value is -3.11. The molecule has 1 amide bonds. The molecule has 3 rings (SSSR count). The molecule has 3 aromatic rings. The molecule has 0 heterocycles. The lowest BCUT2D eigenvalue weighted by Crippen LogP contribution is -2.30. The molecule has 0 aromatic heterocycles. The molecular weight excluding hydrogens is 396 g/mol. The van der Waals surface area contributed by atoms with Gasteiger partial charge in [0.15, 0.2) is 0 Å². The second-order valence-corrected chi connectivity index (χ2v) is 7.82. The molecule has 0 aliphatic rings. The number of anilines is 1. The Labute approximate surface area is 192 Å². The minimum absolute atomic E-state index is 0.00159. The maximum absolute atomic E-state index is 13.2. The second kappa shape index (κ2) is 11.5. The summed E-state index contributed by atoms with van der Waals surface area (Å²) in [6, 6.07) is 24.0. The molecule has 0 radical (unpaired) electrons. The topological polar surface area (TPSA) is 32.8 Å². The highest BCUT2D eigenvalue weighted by Crippen LogP contribution is 2.26. The molecule has 168 valence electrons. The fourth-order valence-electron chi connectivity index (χ4n) is 3.82. The van der Waals surface area contributed by atoms with Crippen LogP contribution in [0.2, 0.25) is 0 Å². The normalized spacial score (nSPS) is 10.9. The van der Waals surface area contributed by atoms with Crippen LogP contribution in [-0.4, -0.2) is 43.6 Å². The molecular formula is C28H34N2O2. The summed E-state index contributed by atoms with van der Waals surface area (Å²) in [5, 5.41) is 0. The standard InChI is InChI=1S/C28H34N2O2/c1-5-29(6-2)19-20-32-27-18-17-26(21-22(27)4)30(7-3)28(31)25-15-13-24(14-16-25)23-11-9-8-10-12-23/h8-18,21H,5-7,19-20H2,1-4H3. The largest absolute Gasteiger partial charge is 0.492 e. The van der Waals surface area contributed by atoms with Crippen molar-refractivity contribution in [2.24, 2.45) is 0 Å². The van der Waals surface area contributed by atoms with Crippen LogP contribution in [-0.2, 0) is 0 Å². The van der Waals surface area contributed by atoms with Crippen molar-refractivity contribution in [3.63, 3.8) is 0 Å². The molecule has 0 fully saturated rings. The van der Waals surface area contributed by atoms with Gasteiger partial charge in [-0.25, -0.2) is 0 Å². The van der Waals surface area contributed by atoms with Crippen molar-refractivity contribution in [1.82, 2.24) is 4.90 Å². The van der Waals surface area contributed by atoms with Gasteiger partial charge in [-0.2, -0.15) is 0 Å². The van der Waals surface area contributed by atoms with Gasteiger partial charge in [0.05, 0.1) is 0 Å². The molecule has 4 heteroatoms. The first-order chi connectivity index (χ1) is 15.6. The van der Waals surface area contributed by atoms with Crippen LogP contribution >= 0.6 is 0 Å². The van der Waals surface area contributed by atoms with Crippen molar-refractivity contribution in [3.05, 3.63) is 83.9 Å². The zero-order valence-corrected chi connectivity index (χ0v) is 19.7. The van der Waals surface area contributed by atoms with Crippen LogP contribution in [0.1, 0.15) is 36.7 Å². The summed E-state index contributed by atoms with van der Waals surface area (Å²) in [7, 11) is 0. The predicted octanol–water partition coefficient (Wildman–Crippen LogP) is 6.05. The van der Waals surface area contributed by atoms with Crippen LogP contribution in [0.3, 0.4) is 0 Å². The fourth-order valence-corrected chi connectivity index (χ4v) is 3.82. The number of carbonyl (C=O) groups excluding carboxylic acids is 1. The van der Waals surface area contributed by atoms with Gasteiger partial charge in [-0.3, -0.25) is 4.79 Å². The lowest BCUT2D eigenvalue weighted by Gasteiger charge is -2.23. The van der Waals surface area contributed by atoms with Crippen molar-refractivity contribution in [3.8, 4) is 16.9 Å². The molecule has 0 aliphatic carbocycles. The first-order valence-corrected chi connectivity index (χ1v) is 11.5. The van der Waals surface area contributed by atoms with Crippen LogP contribution < -0.4 is 9.64 Å². The number of hydrogen-bond donors (Lipinski definition) is 0. The first kappa shape index (κ1) is 23.6. The van der Waals surface area contributed by atoms with Gasteiger partial charge in [-0.15, -0.1) is 0 Å². The van der Waals surface area contributed by atoms with Crippen LogP contribution in [0.5, 0.6) is 5.75 Å². The van der Waals surface area contributed by atoms with Gasteiger partial charge in [0.2, 0.25) is 0 Å². The maximum atomic E-state index is 13.2. The summed E-state index contributed by atoms with van der Waals surface area (Å²) in [5.74, 6) is 0.873. The number of benzene rings is 3. The Kier molecular flexibility index (Phi) is 8.46. The second-order valence-electron chi connectivity index (χ2n) is 7.82. The number of likely N-dealkylation sites (N-methyl/N-ethyl adjacent to an activating group) is 1. The molecule has 32 heavy (non-hydrogen) atoms. The van der Waals surface area contributed by atoms with Crippen LogP contribution in [0.25, 0.3) is 11.1 Å². The first-order valence-electron chi connectivity index (χ1n) is 11.5. The van der Waals surface area contributed by atoms with E-state index in [9.17, 15) is 4.79 Å². The Morgan fingerprint density at radius 3 is 2.06 bits per heavy atom. The molecule has 0 bridgehead atoms. The lowest BCUT2D eigenvalue weighted by molar-refractivity contribution is 0.0988. The summed E-state index contributed by atoms with van der Waals surface area (Å²) < 4.78 is 5.99. The van der Waals surface area contributed by atoms with E-state index in [4.69, 9.17) is 4.74 Å². The molecule has 0 N–H and O–H groups in total. The van der Waals surface area contributed by atoms with E-state index in [0.29, 0.717) is 18.7 Å². The van der Waals surface area contributed by atoms with E-state index in [2.05, 4.69) is 30.9 Å². The van der Waals surface area contributed by atoms with Gasteiger partial charge in [0, 0.05) is 24.3 Å². The number of aryl methyl sites for hydroxylation is 1. The average Bonchev–Trinajstić information content (AvgIpc) is 2.84. The number of carbonyl (C=O) groups is 1. The van der Waals surface area contributed by atoms with Gasteiger partial charge in [-0.1, -0.05) is 56.3 Å². The van der Waals surface area contributed by atoms with Crippen molar-refractivity contribution in [1.29, 1.82) is 0 Å². The average molecular weight is 431 g/mol. The van der Waals surface area contributed by atoms with Crippen molar-refractivity contribution in [2.75, 3.05) is 37.7 Å². The van der Waals surface area contributed by atoms with Crippen molar-refractivity contribution >= 4 is 11.6 Å². The minimum atomic E-state index is 0.00159. The SMILES string of the molecule is CCN(CC)CCOc1ccc(N(CC)C(=O)c2ccc(-c3ccccc3)cc2)cc1C. The summed E-state index contributed by atoms with van der Waals surface area (Å²) in [6.07, 6.45) is 0. The summed E-state index contributed by atoms with van der Waals surface area (Å²) in [5.41, 5.74) is 4.85. The van der Waals surface area contributed by atoms with Crippen molar-refractivity contribution in [2.45, 2.75) is 27.7 Å². The summed E-state index contributed by atoms with van der Waals surface area (Å²) >= 11 is 0. The molecule has 0 saturated heterocycles. The maximum Gasteiger partial charge on any atom is 0.258 e. The number of amides is 1. The zero-order valence-electron chi connectivity index (χ0n) is 19.7. The highest BCUT2D eigenvalue weighted by atomic mass is 16.5. The molecule has 0 spiro atoms. The van der Waals surface area contributed by atoms with E-state index < -0.39 is 0 Å². The highest BCUT2D eigenvalue weighted by molar-refractivity contribution is 6.06. The Bertz CT molecular complexity index is 996. The van der Waals surface area contributed by atoms with Gasteiger partial charge in [0.25, 0.3) is 5.91 Å². The number of ether oxygens (including phenoxy) is 1. The molecule has 0 unspecified atom stereocenters. The van der Waals surface area contributed by atoms with E-state index >= 15 is 0 Å². The van der Waals surface area contributed by atoms with Gasteiger partial charge in [0.1, 0.15) is 12.4 Å². The number of rotatable bonds is 10. The van der Waals surface area contributed by atoms with Gasteiger partial charge >= 0.3 is 0 Å². The monoisotopic (exact) mass is 430 g/mol. The summed E-state index contributed by atoms with van der Waals surface area (Å²) in [6.45, 7) is 12.6. The van der Waals surface area contributed by atoms with Gasteiger partial charge < -0.3 is 14.5 Å². The molecule has 0 saturated carbocycles. The minimum Gasteiger partial charge on any atom is -0.492 e. The van der Waals surface area contributed by atoms with E-state index in [0.717, 1.165) is 47.8 Å². The van der Waals surface area contributed by atoms with E-state index in [1.165, 1.54) is 0 Å². The molecule has 0 atom stereocenters. The van der Waals surface area contributed by atoms with Gasteiger partial charge in [-0.05, 0) is 74.0 Å². The zero-order chi connectivity index (χ0) is 22.9. The number of hydrogen-bond acceptors (Lipinski definition) is 3. The fraction of sp³-hybridized carbons (Fsp3) is 0.321. The smallest absolute Gasteiger partial charge is 0.258 e. The van der Waals surface area contributed by atoms with Crippen molar-refractivity contribution < 1.29 is 9.53 Å². The predicted molar refractivity (Wildman–Crippen MR) is 134 cm³/mol. The quantitative estimate of drug-likeness (QED) is 0.392. The Morgan fingerprint density at radius 1 is 0.812 bits per heavy atom. The third-order valence-electron chi connectivity index (χ3n) is 5.83. The van der Waals surface area contributed by atoms with E-state index in [-0.39, 0.29) is 5.91 Å². The van der Waals surface area contributed by atoms with Crippen LogP contribution in [0, 0.1) is 6.92 Å². The number of nitrogens with zero attached hydrogens (tertiary/aromatic N) is 2. The highest BCUT2D eigenvalue weighted by Gasteiger charge is 2.17. The molecule has 0 aliphatic heterocycles. The van der Waals surface area contributed by atoms with Crippen LogP contribution in [0.4, 0.5) is 5.69 Å². The van der Waals surface area contributed by atoms with E-state index in [1.54, 1.807) is 0 Å². The van der Waals surface area contributed by atoms with E-state index in [1.807, 2.05) is 79.4 Å².